The van der Waals surface area contributed by atoms with Crippen LogP contribution in [0.3, 0.4) is 0 Å². The Morgan fingerprint density at radius 3 is 2.41 bits per heavy atom. The van der Waals surface area contributed by atoms with Gasteiger partial charge in [0.25, 0.3) is 0 Å². The second kappa shape index (κ2) is 4.64. The van der Waals surface area contributed by atoms with E-state index in [0.29, 0.717) is 25.9 Å². The second-order valence-electron chi connectivity index (χ2n) is 5.53. The van der Waals surface area contributed by atoms with Crippen LogP contribution in [-0.2, 0) is 9.59 Å². The van der Waals surface area contributed by atoms with E-state index in [0.717, 1.165) is 0 Å². The van der Waals surface area contributed by atoms with E-state index < -0.39 is 22.7 Å². The summed E-state index contributed by atoms with van der Waals surface area (Å²) < 4.78 is 0. The molecule has 1 aliphatic carbocycles. The number of hydrogen-bond acceptors (Lipinski definition) is 3. The van der Waals surface area contributed by atoms with Crippen LogP contribution in [0.5, 0.6) is 0 Å². The van der Waals surface area contributed by atoms with E-state index in [4.69, 9.17) is 5.73 Å². The van der Waals surface area contributed by atoms with Crippen LogP contribution >= 0.6 is 0 Å². The maximum Gasteiger partial charge on any atom is 0.307 e. The molecule has 2 unspecified atom stereocenters. The van der Waals surface area contributed by atoms with Crippen molar-refractivity contribution in [2.75, 3.05) is 13.1 Å². The van der Waals surface area contributed by atoms with E-state index >= 15 is 0 Å². The average Bonchev–Trinajstić information content (AvgIpc) is 2.48. The quantitative estimate of drug-likeness (QED) is 0.672. The molecule has 2 atom stereocenters. The zero-order valence-electron chi connectivity index (χ0n) is 10.7. The number of aliphatic carboxylic acids is 1. The molecular weight excluding hydrogens is 220 g/mol. The highest BCUT2D eigenvalue weighted by Crippen LogP contribution is 2.56. The maximum absolute atomic E-state index is 12.2. The number of hydrogen-bond donors (Lipinski definition) is 3. The minimum Gasteiger partial charge on any atom is -0.481 e. The van der Waals surface area contributed by atoms with Crippen molar-refractivity contribution in [3.8, 4) is 0 Å². The lowest BCUT2D eigenvalue weighted by molar-refractivity contribution is -0.148. The van der Waals surface area contributed by atoms with Gasteiger partial charge in [0.2, 0.25) is 5.91 Å². The van der Waals surface area contributed by atoms with Crippen LogP contribution in [0.25, 0.3) is 0 Å². The van der Waals surface area contributed by atoms with Crippen LogP contribution in [-0.4, -0.2) is 30.1 Å². The Morgan fingerprint density at radius 1 is 1.41 bits per heavy atom. The van der Waals surface area contributed by atoms with E-state index in [2.05, 4.69) is 5.32 Å². The SMILES string of the molecule is CC1(C(=O)NCCN)CCC(C(=O)O)C1(C)C. The Bertz CT molecular complexity index is 328. The molecule has 0 spiro atoms. The fraction of sp³-hybridized carbons (Fsp3) is 0.833. The molecule has 1 aliphatic rings. The third-order valence-corrected chi connectivity index (χ3v) is 4.46. The summed E-state index contributed by atoms with van der Waals surface area (Å²) in [7, 11) is 0. The summed E-state index contributed by atoms with van der Waals surface area (Å²) in [6.07, 6.45) is 1.16. The first-order valence-corrected chi connectivity index (χ1v) is 5.98. The van der Waals surface area contributed by atoms with E-state index in [1.807, 2.05) is 20.8 Å². The molecule has 0 aliphatic heterocycles. The molecule has 5 heteroatoms. The zero-order chi connectivity index (χ0) is 13.3. The summed E-state index contributed by atoms with van der Waals surface area (Å²) in [4.78, 5) is 23.3. The van der Waals surface area contributed by atoms with Crippen molar-refractivity contribution in [1.82, 2.24) is 5.32 Å². The van der Waals surface area contributed by atoms with E-state index in [-0.39, 0.29) is 5.91 Å². The van der Waals surface area contributed by atoms with Crippen LogP contribution in [0.2, 0.25) is 0 Å². The summed E-state index contributed by atoms with van der Waals surface area (Å²) in [5.74, 6) is -1.36. The lowest BCUT2D eigenvalue weighted by atomic mass is 9.65. The highest BCUT2D eigenvalue weighted by atomic mass is 16.4. The highest BCUT2D eigenvalue weighted by Gasteiger charge is 2.57. The molecule has 5 nitrogen and oxygen atoms in total. The zero-order valence-corrected chi connectivity index (χ0v) is 10.7. The van der Waals surface area contributed by atoms with Gasteiger partial charge in [-0.15, -0.1) is 0 Å². The largest absolute Gasteiger partial charge is 0.481 e. The van der Waals surface area contributed by atoms with Crippen molar-refractivity contribution in [2.24, 2.45) is 22.5 Å². The van der Waals surface area contributed by atoms with Gasteiger partial charge in [0.1, 0.15) is 0 Å². The summed E-state index contributed by atoms with van der Waals surface area (Å²) in [6, 6.07) is 0. The van der Waals surface area contributed by atoms with Crippen LogP contribution in [0.15, 0.2) is 0 Å². The Labute approximate surface area is 102 Å². The standard InChI is InChI=1S/C12H22N2O3/c1-11(2)8(9(15)16)4-5-12(11,3)10(17)14-7-6-13/h8H,4-7,13H2,1-3H3,(H,14,17)(H,15,16). The van der Waals surface area contributed by atoms with Crippen LogP contribution in [0, 0.1) is 16.7 Å². The Balaban J connectivity index is 2.90. The number of carboxylic acids is 1. The lowest BCUT2D eigenvalue weighted by Crippen LogP contribution is -2.49. The van der Waals surface area contributed by atoms with Crippen molar-refractivity contribution < 1.29 is 14.7 Å². The minimum atomic E-state index is -0.814. The van der Waals surface area contributed by atoms with Gasteiger partial charge in [-0.05, 0) is 18.3 Å². The number of carbonyl (C=O) groups excluding carboxylic acids is 1. The second-order valence-corrected chi connectivity index (χ2v) is 5.53. The molecule has 1 fully saturated rings. The molecule has 4 N–H and O–H groups in total. The Hall–Kier alpha value is -1.10. The molecule has 98 valence electrons. The number of amides is 1. The smallest absolute Gasteiger partial charge is 0.307 e. The van der Waals surface area contributed by atoms with Gasteiger partial charge in [0.05, 0.1) is 11.3 Å². The molecule has 1 saturated carbocycles. The van der Waals surface area contributed by atoms with E-state index in [1.165, 1.54) is 0 Å². The van der Waals surface area contributed by atoms with Crippen molar-refractivity contribution in [3.63, 3.8) is 0 Å². The van der Waals surface area contributed by atoms with Crippen molar-refractivity contribution >= 4 is 11.9 Å². The molecule has 0 aromatic heterocycles. The summed E-state index contributed by atoms with van der Waals surface area (Å²) >= 11 is 0. The summed E-state index contributed by atoms with van der Waals surface area (Å²) in [5.41, 5.74) is 4.18. The van der Waals surface area contributed by atoms with Gasteiger partial charge in [-0.2, -0.15) is 0 Å². The van der Waals surface area contributed by atoms with Crippen LogP contribution < -0.4 is 11.1 Å². The van der Waals surface area contributed by atoms with Crippen molar-refractivity contribution in [1.29, 1.82) is 0 Å². The maximum atomic E-state index is 12.2. The number of carbonyl (C=O) groups is 2. The Kier molecular flexibility index (Phi) is 3.81. The van der Waals surface area contributed by atoms with Crippen molar-refractivity contribution in [2.45, 2.75) is 33.6 Å². The third kappa shape index (κ3) is 2.16. The van der Waals surface area contributed by atoms with Gasteiger partial charge < -0.3 is 16.2 Å². The molecule has 0 radical (unpaired) electrons. The number of nitrogens with one attached hydrogen (secondary N) is 1. The molecule has 0 aromatic carbocycles. The minimum absolute atomic E-state index is 0.0864. The lowest BCUT2D eigenvalue weighted by Gasteiger charge is -2.39. The molecule has 0 heterocycles. The predicted octanol–water partition coefficient (Wildman–Crippen LogP) is 0.588. The predicted molar refractivity (Wildman–Crippen MR) is 64.3 cm³/mol. The fourth-order valence-electron chi connectivity index (χ4n) is 2.72. The fourth-order valence-corrected chi connectivity index (χ4v) is 2.72. The van der Waals surface area contributed by atoms with Crippen molar-refractivity contribution in [3.05, 3.63) is 0 Å². The Morgan fingerprint density at radius 2 is 2.00 bits per heavy atom. The number of rotatable bonds is 4. The van der Waals surface area contributed by atoms with Crippen LogP contribution in [0.4, 0.5) is 0 Å². The first-order valence-electron chi connectivity index (χ1n) is 5.98. The molecule has 1 rings (SSSR count). The average molecular weight is 242 g/mol. The number of nitrogens with two attached hydrogens (primary N) is 1. The highest BCUT2D eigenvalue weighted by molar-refractivity contribution is 5.85. The molecule has 1 amide bonds. The van der Waals surface area contributed by atoms with E-state index in [9.17, 15) is 14.7 Å². The monoisotopic (exact) mass is 242 g/mol. The molecule has 17 heavy (non-hydrogen) atoms. The molecule has 0 aromatic rings. The molecule has 0 saturated heterocycles. The molecular formula is C12H22N2O3. The van der Waals surface area contributed by atoms with Gasteiger partial charge in [0.15, 0.2) is 0 Å². The van der Waals surface area contributed by atoms with Gasteiger partial charge in [0, 0.05) is 13.1 Å². The normalized spacial score (nSPS) is 31.2. The van der Waals surface area contributed by atoms with Gasteiger partial charge in [-0.25, -0.2) is 0 Å². The summed E-state index contributed by atoms with van der Waals surface area (Å²) in [6.45, 7) is 6.40. The molecule has 0 bridgehead atoms. The number of carboxylic acid groups (broad SMARTS) is 1. The van der Waals surface area contributed by atoms with Gasteiger partial charge >= 0.3 is 5.97 Å². The third-order valence-electron chi connectivity index (χ3n) is 4.46. The van der Waals surface area contributed by atoms with Gasteiger partial charge in [-0.3, -0.25) is 9.59 Å². The van der Waals surface area contributed by atoms with Crippen LogP contribution in [0.1, 0.15) is 33.6 Å². The summed E-state index contributed by atoms with van der Waals surface area (Å²) in [5, 5.41) is 12.0. The topological polar surface area (TPSA) is 92.4 Å². The van der Waals surface area contributed by atoms with E-state index in [1.54, 1.807) is 0 Å². The first-order chi connectivity index (χ1) is 7.77. The van der Waals surface area contributed by atoms with Gasteiger partial charge in [-0.1, -0.05) is 20.8 Å². The first kappa shape index (κ1) is 14.0.